The number of hydrogen-bond acceptors (Lipinski definition) is 5. The van der Waals surface area contributed by atoms with Crippen molar-refractivity contribution in [2.45, 2.75) is 26.3 Å². The molecule has 2 heterocycles. The van der Waals surface area contributed by atoms with Crippen LogP contribution in [0.5, 0.6) is 5.75 Å². The van der Waals surface area contributed by atoms with Crippen molar-refractivity contribution in [2.24, 2.45) is 0 Å². The Morgan fingerprint density at radius 1 is 1.38 bits per heavy atom. The number of carbonyl (C=O) groups is 1. The van der Waals surface area contributed by atoms with E-state index in [1.54, 1.807) is 6.07 Å². The van der Waals surface area contributed by atoms with E-state index in [4.69, 9.17) is 0 Å². The lowest BCUT2D eigenvalue weighted by Crippen LogP contribution is -2.26. The van der Waals surface area contributed by atoms with E-state index in [1.807, 2.05) is 6.92 Å². The van der Waals surface area contributed by atoms with Gasteiger partial charge in [0.05, 0.1) is 0 Å². The molecule has 0 saturated carbocycles. The van der Waals surface area contributed by atoms with Gasteiger partial charge in [-0.2, -0.15) is 5.10 Å². The van der Waals surface area contributed by atoms with Crippen molar-refractivity contribution in [3.05, 3.63) is 46.5 Å². The summed E-state index contributed by atoms with van der Waals surface area (Å²) in [4.78, 5) is 27.5. The summed E-state index contributed by atoms with van der Waals surface area (Å²) in [6.45, 7) is 2.47. The van der Waals surface area contributed by atoms with Crippen LogP contribution in [0.2, 0.25) is 0 Å². The number of pyridine rings is 1. The minimum absolute atomic E-state index is 0.0515. The van der Waals surface area contributed by atoms with Gasteiger partial charge in [0, 0.05) is 18.8 Å². The van der Waals surface area contributed by atoms with Gasteiger partial charge in [-0.15, -0.1) is 0 Å². The molecule has 0 fully saturated rings. The molecule has 110 valence electrons. The summed E-state index contributed by atoms with van der Waals surface area (Å²) < 4.78 is 1.26. The van der Waals surface area contributed by atoms with Crippen molar-refractivity contribution >= 4 is 11.7 Å². The van der Waals surface area contributed by atoms with E-state index in [9.17, 15) is 14.7 Å². The Morgan fingerprint density at radius 3 is 2.90 bits per heavy atom. The van der Waals surface area contributed by atoms with Crippen LogP contribution < -0.4 is 10.9 Å². The quantitative estimate of drug-likeness (QED) is 0.866. The van der Waals surface area contributed by atoms with Crippen LogP contribution in [0.15, 0.2) is 35.3 Å². The number of unbranched alkanes of at least 4 members (excludes halogenated alkanes) is 1. The maximum atomic E-state index is 12.1. The summed E-state index contributed by atoms with van der Waals surface area (Å²) in [5.41, 5.74) is -0.156. The largest absolute Gasteiger partial charge is 0.504 e. The number of anilines is 1. The highest BCUT2D eigenvalue weighted by Crippen LogP contribution is 2.18. The molecule has 0 saturated heterocycles. The van der Waals surface area contributed by atoms with Gasteiger partial charge in [-0.25, -0.2) is 9.67 Å². The Kier molecular flexibility index (Phi) is 4.65. The van der Waals surface area contributed by atoms with Crippen LogP contribution in [0.25, 0.3) is 0 Å². The second kappa shape index (κ2) is 6.65. The van der Waals surface area contributed by atoms with Gasteiger partial charge in [-0.3, -0.25) is 9.59 Å². The number of aromatic nitrogens is 3. The van der Waals surface area contributed by atoms with Crippen LogP contribution in [-0.2, 0) is 6.54 Å². The first-order chi connectivity index (χ1) is 10.1. The number of carbonyl (C=O) groups excluding carboxylic acids is 1. The summed E-state index contributed by atoms with van der Waals surface area (Å²) >= 11 is 0. The van der Waals surface area contributed by atoms with Gasteiger partial charge in [0.15, 0.2) is 11.6 Å². The Balaban J connectivity index is 2.19. The molecule has 0 radical (unpaired) electrons. The van der Waals surface area contributed by atoms with Gasteiger partial charge in [-0.1, -0.05) is 13.3 Å². The molecule has 0 aromatic carbocycles. The number of aryl methyl sites for hydroxylation is 1. The zero-order valence-corrected chi connectivity index (χ0v) is 11.6. The van der Waals surface area contributed by atoms with E-state index >= 15 is 0 Å². The van der Waals surface area contributed by atoms with E-state index < -0.39 is 5.91 Å². The number of nitrogens with one attached hydrogen (secondary N) is 1. The van der Waals surface area contributed by atoms with Crippen molar-refractivity contribution in [3.8, 4) is 5.75 Å². The third-order valence-corrected chi connectivity index (χ3v) is 2.84. The zero-order valence-electron chi connectivity index (χ0n) is 11.6. The molecule has 0 atom stereocenters. The van der Waals surface area contributed by atoms with Crippen molar-refractivity contribution in [2.75, 3.05) is 5.32 Å². The van der Waals surface area contributed by atoms with Gasteiger partial charge < -0.3 is 10.4 Å². The summed E-state index contributed by atoms with van der Waals surface area (Å²) in [5.74, 6) is -0.616. The highest BCUT2D eigenvalue weighted by Gasteiger charge is 2.12. The molecule has 7 heteroatoms. The molecule has 0 bridgehead atoms. The molecular weight excluding hydrogens is 272 g/mol. The fraction of sp³-hybridized carbons (Fsp3) is 0.286. The first-order valence-corrected chi connectivity index (χ1v) is 6.65. The predicted octanol–water partition coefficient (Wildman–Crippen LogP) is 1.40. The fourth-order valence-corrected chi connectivity index (χ4v) is 1.70. The van der Waals surface area contributed by atoms with Crippen molar-refractivity contribution < 1.29 is 9.90 Å². The van der Waals surface area contributed by atoms with Gasteiger partial charge in [0.1, 0.15) is 5.69 Å². The normalized spacial score (nSPS) is 10.3. The standard InChI is InChI=1S/C14H16N4O3/c1-2-3-9-18-12(20)7-6-10(17-18)14(21)16-13-11(19)5-4-8-15-13/h4-8,19H,2-3,9H2,1H3,(H,15,16,21). The van der Waals surface area contributed by atoms with Crippen LogP contribution in [0.3, 0.4) is 0 Å². The first-order valence-electron chi connectivity index (χ1n) is 6.65. The van der Waals surface area contributed by atoms with Gasteiger partial charge in [0.2, 0.25) is 0 Å². The van der Waals surface area contributed by atoms with Crippen LogP contribution in [-0.4, -0.2) is 25.8 Å². The molecule has 7 nitrogen and oxygen atoms in total. The Morgan fingerprint density at radius 2 is 2.19 bits per heavy atom. The molecule has 2 aromatic rings. The maximum absolute atomic E-state index is 12.1. The first kappa shape index (κ1) is 14.7. The molecule has 2 N–H and O–H groups in total. The topological polar surface area (TPSA) is 97.1 Å². The van der Waals surface area contributed by atoms with E-state index in [0.29, 0.717) is 6.54 Å². The van der Waals surface area contributed by atoms with Crippen molar-refractivity contribution in [3.63, 3.8) is 0 Å². The lowest BCUT2D eigenvalue weighted by molar-refractivity contribution is 0.101. The Hall–Kier alpha value is -2.70. The molecule has 1 amide bonds. The highest BCUT2D eigenvalue weighted by atomic mass is 16.3. The second-order valence-electron chi connectivity index (χ2n) is 4.46. The molecule has 2 rings (SSSR count). The average molecular weight is 288 g/mol. The summed E-state index contributed by atoms with van der Waals surface area (Å²) in [7, 11) is 0. The van der Waals surface area contributed by atoms with Crippen molar-refractivity contribution in [1.29, 1.82) is 0 Å². The molecule has 2 aromatic heterocycles. The number of amides is 1. The molecule has 0 unspecified atom stereocenters. The number of hydrogen-bond donors (Lipinski definition) is 2. The van der Waals surface area contributed by atoms with E-state index in [1.165, 1.54) is 29.1 Å². The monoisotopic (exact) mass is 288 g/mol. The number of aromatic hydroxyl groups is 1. The summed E-state index contributed by atoms with van der Waals surface area (Å²) in [6.07, 6.45) is 3.18. The molecule has 0 aliphatic carbocycles. The molecule has 0 aliphatic heterocycles. The minimum Gasteiger partial charge on any atom is -0.504 e. The smallest absolute Gasteiger partial charge is 0.277 e. The third kappa shape index (κ3) is 3.65. The lowest BCUT2D eigenvalue weighted by atomic mass is 10.3. The fourth-order valence-electron chi connectivity index (χ4n) is 1.70. The highest BCUT2D eigenvalue weighted by molar-refractivity contribution is 6.02. The number of nitrogens with zero attached hydrogens (tertiary/aromatic N) is 3. The molecule has 0 spiro atoms. The number of rotatable bonds is 5. The average Bonchev–Trinajstić information content (AvgIpc) is 2.48. The van der Waals surface area contributed by atoms with E-state index in [0.717, 1.165) is 12.8 Å². The third-order valence-electron chi connectivity index (χ3n) is 2.84. The predicted molar refractivity (Wildman–Crippen MR) is 77.3 cm³/mol. The zero-order chi connectivity index (χ0) is 15.2. The lowest BCUT2D eigenvalue weighted by Gasteiger charge is -2.07. The summed E-state index contributed by atoms with van der Waals surface area (Å²) in [5, 5.41) is 16.0. The van der Waals surface area contributed by atoms with Gasteiger partial charge in [0.25, 0.3) is 11.5 Å². The van der Waals surface area contributed by atoms with Crippen LogP contribution in [0.1, 0.15) is 30.3 Å². The van der Waals surface area contributed by atoms with E-state index in [-0.39, 0.29) is 22.8 Å². The van der Waals surface area contributed by atoms with Crippen molar-refractivity contribution in [1.82, 2.24) is 14.8 Å². The molecule has 0 aliphatic rings. The van der Waals surface area contributed by atoms with Crippen LogP contribution >= 0.6 is 0 Å². The SMILES string of the molecule is CCCCn1nc(C(=O)Nc2ncccc2O)ccc1=O. The van der Waals surface area contributed by atoms with E-state index in [2.05, 4.69) is 15.4 Å². The van der Waals surface area contributed by atoms with Crippen LogP contribution in [0, 0.1) is 0 Å². The van der Waals surface area contributed by atoms with Gasteiger partial charge >= 0.3 is 0 Å². The van der Waals surface area contributed by atoms with Gasteiger partial charge in [-0.05, 0) is 24.6 Å². The second-order valence-corrected chi connectivity index (χ2v) is 4.46. The Bertz CT molecular complexity index is 697. The Labute approximate surface area is 121 Å². The molecular formula is C14H16N4O3. The van der Waals surface area contributed by atoms with Crippen LogP contribution in [0.4, 0.5) is 5.82 Å². The maximum Gasteiger partial charge on any atom is 0.277 e. The summed E-state index contributed by atoms with van der Waals surface area (Å²) in [6, 6.07) is 5.61. The molecule has 21 heavy (non-hydrogen) atoms. The minimum atomic E-state index is -0.533.